The van der Waals surface area contributed by atoms with Crippen LogP contribution in [-0.4, -0.2) is 11.0 Å². The topological polar surface area (TPSA) is 40.5 Å². The number of ketones is 1. The van der Waals surface area contributed by atoms with Crippen LogP contribution in [-0.2, 0) is 4.79 Å². The van der Waals surface area contributed by atoms with E-state index in [-0.39, 0.29) is 22.5 Å². The van der Waals surface area contributed by atoms with Gasteiger partial charge in [-0.1, -0.05) is 39.0 Å². The Bertz CT molecular complexity index is 576. The van der Waals surface area contributed by atoms with E-state index in [4.69, 9.17) is 0 Å². The second kappa shape index (κ2) is 4.19. The van der Waals surface area contributed by atoms with Crippen molar-refractivity contribution in [3.8, 4) is 0 Å². The van der Waals surface area contributed by atoms with Gasteiger partial charge in [0, 0.05) is 17.2 Å². The molecule has 20 heavy (non-hydrogen) atoms. The fourth-order valence-electron chi connectivity index (χ4n) is 3.86. The molecular weight excluding hydrogens is 250 g/mol. The first-order valence-electron chi connectivity index (χ1n) is 7.17. The van der Waals surface area contributed by atoms with Crippen LogP contribution in [0, 0.1) is 16.7 Å². The van der Waals surface area contributed by atoms with Crippen molar-refractivity contribution in [3.05, 3.63) is 42.1 Å². The summed E-state index contributed by atoms with van der Waals surface area (Å²) in [5.74, 6) is 0.451. The Labute approximate surface area is 119 Å². The molecule has 0 saturated heterocycles. The van der Waals surface area contributed by atoms with Crippen molar-refractivity contribution in [1.82, 2.24) is 0 Å². The Morgan fingerprint density at radius 3 is 2.45 bits per heavy atom. The molecule has 106 valence electrons. The van der Waals surface area contributed by atoms with Crippen LogP contribution in [0.25, 0.3) is 0 Å². The molecule has 0 spiro atoms. The Morgan fingerprint density at radius 2 is 1.90 bits per heavy atom. The average Bonchev–Trinajstić information content (AvgIpc) is 2.74. The number of anilines is 1. The molecule has 3 nitrogen and oxygen atoms in total. The molecule has 2 aliphatic carbocycles. The maximum atomic E-state index is 12.7. The summed E-state index contributed by atoms with van der Waals surface area (Å²) >= 11 is 0. The standard InChI is InChI=1S/C17H21NO2/c1-16(2)14-9-10-17(16,3)15(19)13(14)11-18(20)12-7-5-4-6-8-12/h4-8,11,14,20H,9-10H2,1-3H3/t14-,17-/m1/s1. The van der Waals surface area contributed by atoms with Crippen LogP contribution in [0.2, 0.25) is 0 Å². The first-order valence-corrected chi connectivity index (χ1v) is 7.17. The monoisotopic (exact) mass is 271 g/mol. The average molecular weight is 271 g/mol. The predicted molar refractivity (Wildman–Crippen MR) is 78.4 cm³/mol. The molecule has 1 N–H and O–H groups in total. The molecule has 0 amide bonds. The third kappa shape index (κ3) is 1.59. The van der Waals surface area contributed by atoms with Crippen molar-refractivity contribution in [2.45, 2.75) is 33.6 Å². The van der Waals surface area contributed by atoms with Gasteiger partial charge in [-0.2, -0.15) is 0 Å². The van der Waals surface area contributed by atoms with Gasteiger partial charge in [-0.3, -0.25) is 10.0 Å². The summed E-state index contributed by atoms with van der Waals surface area (Å²) in [6, 6.07) is 9.27. The van der Waals surface area contributed by atoms with Gasteiger partial charge in [0.1, 0.15) is 0 Å². The first-order chi connectivity index (χ1) is 9.38. The van der Waals surface area contributed by atoms with Crippen molar-refractivity contribution in [2.24, 2.45) is 16.7 Å². The lowest BCUT2D eigenvalue weighted by atomic mass is 9.70. The van der Waals surface area contributed by atoms with Crippen LogP contribution in [0.5, 0.6) is 0 Å². The molecule has 2 aliphatic rings. The smallest absolute Gasteiger partial charge is 0.167 e. The van der Waals surface area contributed by atoms with Crippen molar-refractivity contribution in [1.29, 1.82) is 0 Å². The van der Waals surface area contributed by atoms with Gasteiger partial charge >= 0.3 is 0 Å². The molecule has 2 saturated carbocycles. The van der Waals surface area contributed by atoms with E-state index in [1.807, 2.05) is 30.3 Å². The molecule has 0 heterocycles. The van der Waals surface area contributed by atoms with E-state index >= 15 is 0 Å². The minimum absolute atomic E-state index is 0.0204. The number of carbonyl (C=O) groups is 1. The Hall–Kier alpha value is -1.61. The predicted octanol–water partition coefficient (Wildman–Crippen LogP) is 3.79. The number of carbonyl (C=O) groups excluding carboxylic acids is 1. The number of allylic oxidation sites excluding steroid dienone is 1. The summed E-state index contributed by atoms with van der Waals surface area (Å²) in [7, 11) is 0. The third-order valence-electron chi connectivity index (χ3n) is 5.65. The van der Waals surface area contributed by atoms with Gasteiger partial charge in [0.05, 0.1) is 5.69 Å². The Balaban J connectivity index is 1.96. The highest BCUT2D eigenvalue weighted by Crippen LogP contribution is 2.65. The van der Waals surface area contributed by atoms with Crippen LogP contribution >= 0.6 is 0 Å². The van der Waals surface area contributed by atoms with Gasteiger partial charge in [-0.15, -0.1) is 0 Å². The maximum absolute atomic E-state index is 12.7. The lowest BCUT2D eigenvalue weighted by molar-refractivity contribution is -0.125. The van der Waals surface area contributed by atoms with E-state index in [1.54, 1.807) is 6.20 Å². The number of rotatable bonds is 2. The van der Waals surface area contributed by atoms with Gasteiger partial charge in [0.25, 0.3) is 0 Å². The van der Waals surface area contributed by atoms with E-state index < -0.39 is 0 Å². The summed E-state index contributed by atoms with van der Waals surface area (Å²) in [6.45, 7) is 6.42. The van der Waals surface area contributed by atoms with Gasteiger partial charge < -0.3 is 0 Å². The van der Waals surface area contributed by atoms with Crippen LogP contribution in [0.4, 0.5) is 5.69 Å². The summed E-state index contributed by atoms with van der Waals surface area (Å²) in [6.07, 6.45) is 3.61. The molecule has 2 fully saturated rings. The second-order valence-electron chi connectivity index (χ2n) is 6.74. The SMILES string of the molecule is CC1(C)[C@@H]2CC[C@]1(C)C(=O)C2=CN(O)c1ccccc1. The molecule has 2 bridgehead atoms. The summed E-state index contributed by atoms with van der Waals surface area (Å²) in [5.41, 5.74) is 1.16. The number of fused-ring (bicyclic) bond motifs is 2. The molecular formula is C17H21NO2. The molecule has 0 aliphatic heterocycles. The van der Waals surface area contributed by atoms with Crippen molar-refractivity contribution in [2.75, 3.05) is 5.06 Å². The molecule has 3 rings (SSSR count). The van der Waals surface area contributed by atoms with E-state index in [0.717, 1.165) is 23.5 Å². The number of para-hydroxylation sites is 1. The van der Waals surface area contributed by atoms with E-state index in [0.29, 0.717) is 5.69 Å². The van der Waals surface area contributed by atoms with E-state index in [2.05, 4.69) is 20.8 Å². The zero-order valence-electron chi connectivity index (χ0n) is 12.3. The second-order valence-corrected chi connectivity index (χ2v) is 6.74. The molecule has 1 aromatic carbocycles. The molecule has 0 radical (unpaired) electrons. The highest BCUT2D eigenvalue weighted by molar-refractivity contribution is 6.04. The highest BCUT2D eigenvalue weighted by atomic mass is 16.5. The number of benzene rings is 1. The highest BCUT2D eigenvalue weighted by Gasteiger charge is 2.64. The first kappa shape index (κ1) is 13.4. The molecule has 0 aromatic heterocycles. The minimum Gasteiger partial charge on any atom is -0.294 e. The quantitative estimate of drug-likeness (QED) is 0.657. The minimum atomic E-state index is -0.277. The van der Waals surface area contributed by atoms with Crippen LogP contribution < -0.4 is 5.06 Å². The van der Waals surface area contributed by atoms with Gasteiger partial charge in [-0.05, 0) is 36.3 Å². The lowest BCUT2D eigenvalue weighted by Crippen LogP contribution is -2.32. The molecule has 2 atom stereocenters. The number of Topliss-reactive ketones (excluding diaryl/α,β-unsaturated/α-hetero) is 1. The zero-order chi connectivity index (χ0) is 14.5. The van der Waals surface area contributed by atoms with Crippen LogP contribution in [0.3, 0.4) is 0 Å². The van der Waals surface area contributed by atoms with Crippen molar-refractivity contribution >= 4 is 11.5 Å². The van der Waals surface area contributed by atoms with Gasteiger partial charge in [-0.25, -0.2) is 5.06 Å². The van der Waals surface area contributed by atoms with E-state index in [1.165, 1.54) is 0 Å². The summed E-state index contributed by atoms with van der Waals surface area (Å²) < 4.78 is 0. The number of hydrogen-bond donors (Lipinski definition) is 1. The fourth-order valence-corrected chi connectivity index (χ4v) is 3.86. The van der Waals surface area contributed by atoms with E-state index in [9.17, 15) is 10.0 Å². The largest absolute Gasteiger partial charge is 0.294 e. The van der Waals surface area contributed by atoms with Crippen LogP contribution in [0.1, 0.15) is 33.6 Å². The zero-order valence-corrected chi connectivity index (χ0v) is 12.3. The Kier molecular flexibility index (Phi) is 2.80. The van der Waals surface area contributed by atoms with Crippen molar-refractivity contribution < 1.29 is 10.0 Å². The normalized spacial score (nSPS) is 32.9. The third-order valence-corrected chi connectivity index (χ3v) is 5.65. The number of hydroxylamine groups is 1. The molecule has 3 heteroatoms. The van der Waals surface area contributed by atoms with Gasteiger partial charge in [0.2, 0.25) is 0 Å². The maximum Gasteiger partial charge on any atom is 0.167 e. The van der Waals surface area contributed by atoms with Crippen molar-refractivity contribution in [3.63, 3.8) is 0 Å². The van der Waals surface area contributed by atoms with Gasteiger partial charge in [0.15, 0.2) is 5.78 Å². The number of hydrogen-bond acceptors (Lipinski definition) is 3. The number of nitrogens with zero attached hydrogens (tertiary/aromatic N) is 1. The summed E-state index contributed by atoms with van der Waals surface area (Å²) in [4.78, 5) is 12.7. The Morgan fingerprint density at radius 1 is 1.25 bits per heavy atom. The van der Waals surface area contributed by atoms with Crippen LogP contribution in [0.15, 0.2) is 42.1 Å². The molecule has 1 aromatic rings. The fraction of sp³-hybridized carbons (Fsp3) is 0.471. The lowest BCUT2D eigenvalue weighted by Gasteiger charge is -2.31. The summed E-state index contributed by atoms with van der Waals surface area (Å²) in [5, 5.41) is 11.3. The molecule has 0 unspecified atom stereocenters.